The van der Waals surface area contributed by atoms with E-state index in [0.29, 0.717) is 19.0 Å². The number of carbonyl (C=O) groups excluding carboxylic acids is 2. The second-order valence-corrected chi connectivity index (χ2v) is 9.93. The van der Waals surface area contributed by atoms with Gasteiger partial charge in [-0.05, 0) is 63.2 Å². The maximum atomic E-state index is 13.2. The molecule has 1 aromatic heterocycles. The minimum Gasteiger partial charge on any atom is -0.353 e. The second kappa shape index (κ2) is 10.8. The van der Waals surface area contributed by atoms with E-state index in [1.165, 1.54) is 19.3 Å². The quantitative estimate of drug-likeness (QED) is 0.530. The summed E-state index contributed by atoms with van der Waals surface area (Å²) in [5, 5.41) is 12.9. The van der Waals surface area contributed by atoms with Gasteiger partial charge in [-0.1, -0.05) is 33.1 Å². The fraction of sp³-hybridized carbons (Fsp3) is 0.654. The van der Waals surface area contributed by atoms with E-state index in [-0.39, 0.29) is 29.3 Å². The van der Waals surface area contributed by atoms with Crippen LogP contribution >= 0.6 is 0 Å². The lowest BCUT2D eigenvalue weighted by molar-refractivity contribution is -0.132. The van der Waals surface area contributed by atoms with Crippen LogP contribution in [0.1, 0.15) is 75.7 Å². The Morgan fingerprint density at radius 2 is 1.91 bits per heavy atom. The smallest absolute Gasteiger partial charge is 0.264 e. The van der Waals surface area contributed by atoms with E-state index in [4.69, 9.17) is 0 Å². The fourth-order valence-corrected chi connectivity index (χ4v) is 5.03. The highest BCUT2D eigenvalue weighted by atomic mass is 16.2. The molecular weight excluding hydrogens is 400 g/mol. The molecule has 1 saturated carbocycles. The molecule has 0 unspecified atom stereocenters. The summed E-state index contributed by atoms with van der Waals surface area (Å²) in [6, 6.07) is 4.43. The van der Waals surface area contributed by atoms with Crippen molar-refractivity contribution < 1.29 is 9.59 Å². The number of likely N-dealkylation sites (tertiary alicyclic amines) is 1. The predicted octanol–water partition coefficient (Wildman–Crippen LogP) is 4.36. The van der Waals surface area contributed by atoms with Crippen LogP contribution in [0.25, 0.3) is 6.08 Å². The summed E-state index contributed by atoms with van der Waals surface area (Å²) in [6.07, 6.45) is 9.01. The molecule has 32 heavy (non-hydrogen) atoms. The van der Waals surface area contributed by atoms with Gasteiger partial charge < -0.3 is 14.8 Å². The molecule has 0 bridgehead atoms. The van der Waals surface area contributed by atoms with E-state index in [1.807, 2.05) is 13.0 Å². The number of aromatic nitrogens is 1. The zero-order valence-corrected chi connectivity index (χ0v) is 20.1. The summed E-state index contributed by atoms with van der Waals surface area (Å²) in [4.78, 5) is 27.7. The molecule has 1 N–H and O–H groups in total. The summed E-state index contributed by atoms with van der Waals surface area (Å²) in [5.74, 6) is 0.120. The first-order valence-electron chi connectivity index (χ1n) is 12.2. The monoisotopic (exact) mass is 438 g/mol. The fourth-order valence-electron chi connectivity index (χ4n) is 5.03. The molecule has 2 amide bonds. The molecule has 1 atom stereocenters. The van der Waals surface area contributed by atoms with Crippen LogP contribution in [-0.2, 0) is 16.1 Å². The van der Waals surface area contributed by atoms with E-state index >= 15 is 0 Å². The van der Waals surface area contributed by atoms with Crippen molar-refractivity contribution in [3.05, 3.63) is 28.6 Å². The van der Waals surface area contributed by atoms with E-state index in [9.17, 15) is 14.9 Å². The van der Waals surface area contributed by atoms with Gasteiger partial charge in [0.1, 0.15) is 11.6 Å². The van der Waals surface area contributed by atoms with Gasteiger partial charge in [0.2, 0.25) is 5.91 Å². The normalized spacial score (nSPS) is 20.3. The van der Waals surface area contributed by atoms with Crippen molar-refractivity contribution >= 4 is 17.9 Å². The van der Waals surface area contributed by atoms with E-state index in [1.54, 1.807) is 11.0 Å². The third-order valence-electron chi connectivity index (χ3n) is 6.84. The lowest BCUT2D eigenvalue weighted by Crippen LogP contribution is -2.48. The minimum absolute atomic E-state index is 0.0640. The Kier molecular flexibility index (Phi) is 8.17. The Morgan fingerprint density at radius 1 is 1.19 bits per heavy atom. The molecule has 2 heterocycles. The van der Waals surface area contributed by atoms with Gasteiger partial charge in [0.05, 0.1) is 5.92 Å². The number of nitriles is 1. The molecule has 1 aliphatic carbocycles. The van der Waals surface area contributed by atoms with Crippen molar-refractivity contribution in [2.75, 3.05) is 13.1 Å². The molecule has 3 rings (SSSR count). The predicted molar refractivity (Wildman–Crippen MR) is 127 cm³/mol. The van der Waals surface area contributed by atoms with Crippen molar-refractivity contribution in [3.8, 4) is 6.07 Å². The topological polar surface area (TPSA) is 78.1 Å². The molecule has 2 aliphatic rings. The maximum absolute atomic E-state index is 13.2. The number of hydrogen-bond acceptors (Lipinski definition) is 3. The number of carbonyl (C=O) groups is 2. The Labute approximate surface area is 192 Å². The standard InChI is InChI=1S/C26H38N4O2/c1-18(2)16-30-19(3)13-22(20(30)4)14-23(15-27)26(32)29-12-8-9-21(17-29)25(31)28-24-10-6-5-7-11-24/h13-14,18,21,24H,5-12,16-17H2,1-4H3,(H,28,31)/b23-14+/t21-/m0/s1. The number of hydrogen-bond donors (Lipinski definition) is 1. The Hall–Kier alpha value is -2.55. The molecule has 1 aliphatic heterocycles. The minimum atomic E-state index is -0.267. The highest BCUT2D eigenvalue weighted by Crippen LogP contribution is 2.24. The number of nitrogens with one attached hydrogen (secondary N) is 1. The van der Waals surface area contributed by atoms with Gasteiger partial charge in [-0.15, -0.1) is 0 Å². The van der Waals surface area contributed by atoms with Crippen LogP contribution < -0.4 is 5.32 Å². The largest absolute Gasteiger partial charge is 0.353 e. The SMILES string of the molecule is Cc1cc(/C=C(\C#N)C(=O)N2CCC[C@H](C(=O)NC3CCCCC3)C2)c(C)n1CC(C)C. The molecule has 2 fully saturated rings. The van der Waals surface area contributed by atoms with Crippen LogP contribution in [0.4, 0.5) is 0 Å². The number of amides is 2. The lowest BCUT2D eigenvalue weighted by atomic mass is 9.92. The van der Waals surface area contributed by atoms with Gasteiger partial charge in [0.15, 0.2) is 0 Å². The van der Waals surface area contributed by atoms with Crippen molar-refractivity contribution in [1.29, 1.82) is 5.26 Å². The summed E-state index contributed by atoms with van der Waals surface area (Å²) in [6.45, 7) is 10.3. The summed E-state index contributed by atoms with van der Waals surface area (Å²) in [7, 11) is 0. The van der Waals surface area contributed by atoms with Crippen LogP contribution in [0.15, 0.2) is 11.6 Å². The number of rotatable bonds is 6. The molecule has 1 saturated heterocycles. The molecule has 174 valence electrons. The number of aryl methyl sites for hydroxylation is 1. The molecule has 0 spiro atoms. The lowest BCUT2D eigenvalue weighted by Gasteiger charge is -2.33. The maximum Gasteiger partial charge on any atom is 0.264 e. The van der Waals surface area contributed by atoms with Crippen LogP contribution in [0, 0.1) is 37.0 Å². The van der Waals surface area contributed by atoms with Crippen molar-refractivity contribution in [2.45, 2.75) is 85.2 Å². The van der Waals surface area contributed by atoms with E-state index in [2.05, 4.69) is 36.7 Å². The first-order chi connectivity index (χ1) is 15.3. The first kappa shape index (κ1) is 24.1. The van der Waals surface area contributed by atoms with Gasteiger partial charge >= 0.3 is 0 Å². The van der Waals surface area contributed by atoms with Crippen LogP contribution in [0.3, 0.4) is 0 Å². The third-order valence-corrected chi connectivity index (χ3v) is 6.84. The molecule has 0 radical (unpaired) electrons. The highest BCUT2D eigenvalue weighted by Gasteiger charge is 2.31. The van der Waals surface area contributed by atoms with Gasteiger partial charge in [0, 0.05) is 37.1 Å². The first-order valence-corrected chi connectivity index (χ1v) is 12.2. The van der Waals surface area contributed by atoms with Gasteiger partial charge in [0.25, 0.3) is 5.91 Å². The van der Waals surface area contributed by atoms with Crippen LogP contribution in [-0.4, -0.2) is 40.4 Å². The Bertz CT molecular complexity index is 900. The van der Waals surface area contributed by atoms with Gasteiger partial charge in [-0.3, -0.25) is 9.59 Å². The van der Waals surface area contributed by atoms with Crippen molar-refractivity contribution in [3.63, 3.8) is 0 Å². The van der Waals surface area contributed by atoms with Gasteiger partial charge in [-0.2, -0.15) is 5.26 Å². The highest BCUT2D eigenvalue weighted by molar-refractivity contribution is 6.02. The third kappa shape index (κ3) is 5.82. The average molecular weight is 439 g/mol. The zero-order chi connectivity index (χ0) is 23.3. The molecule has 6 heteroatoms. The summed E-state index contributed by atoms with van der Waals surface area (Å²) in [5.41, 5.74) is 3.25. The molecule has 0 aromatic carbocycles. The van der Waals surface area contributed by atoms with E-state index in [0.717, 1.165) is 49.2 Å². The van der Waals surface area contributed by atoms with Crippen molar-refractivity contribution in [2.24, 2.45) is 11.8 Å². The van der Waals surface area contributed by atoms with Crippen LogP contribution in [0.5, 0.6) is 0 Å². The van der Waals surface area contributed by atoms with Crippen LogP contribution in [0.2, 0.25) is 0 Å². The molecule has 1 aromatic rings. The van der Waals surface area contributed by atoms with E-state index < -0.39 is 0 Å². The molecule has 6 nitrogen and oxygen atoms in total. The van der Waals surface area contributed by atoms with Gasteiger partial charge in [-0.25, -0.2) is 0 Å². The second-order valence-electron chi connectivity index (χ2n) is 9.93. The summed E-state index contributed by atoms with van der Waals surface area (Å²) < 4.78 is 2.24. The Morgan fingerprint density at radius 3 is 2.56 bits per heavy atom. The number of piperidine rings is 1. The molecular formula is C26H38N4O2. The Balaban J connectivity index is 1.69. The average Bonchev–Trinajstić information content (AvgIpc) is 3.04. The zero-order valence-electron chi connectivity index (χ0n) is 20.1. The van der Waals surface area contributed by atoms with Crippen molar-refractivity contribution in [1.82, 2.24) is 14.8 Å². The number of nitrogens with zero attached hydrogens (tertiary/aromatic N) is 3. The summed E-state index contributed by atoms with van der Waals surface area (Å²) >= 11 is 0.